The lowest BCUT2D eigenvalue weighted by atomic mass is 10.0. The number of esters is 1. The third-order valence-corrected chi connectivity index (χ3v) is 4.96. The molecule has 1 aliphatic rings. The topological polar surface area (TPSA) is 55.8 Å². The van der Waals surface area contributed by atoms with Gasteiger partial charge >= 0.3 is 5.97 Å². The number of allylic oxidation sites excluding steroid dienone is 1. The van der Waals surface area contributed by atoms with Gasteiger partial charge in [0.05, 0.1) is 17.8 Å². The van der Waals surface area contributed by atoms with E-state index in [9.17, 15) is 9.59 Å². The van der Waals surface area contributed by atoms with Crippen molar-refractivity contribution in [2.75, 3.05) is 13.2 Å². The second kappa shape index (κ2) is 10.1. The number of carbonyl (C=O) groups is 2. The molecule has 2 aromatic rings. The highest BCUT2D eigenvalue weighted by atomic mass is 16.5. The summed E-state index contributed by atoms with van der Waals surface area (Å²) < 4.78 is 11.1. The molecule has 0 fully saturated rings. The number of benzene rings is 2. The zero-order valence-electron chi connectivity index (χ0n) is 18.6. The summed E-state index contributed by atoms with van der Waals surface area (Å²) in [4.78, 5) is 27.4. The first-order valence-electron chi connectivity index (χ1n) is 10.6. The minimum absolute atomic E-state index is 0.176. The molecule has 0 saturated heterocycles. The van der Waals surface area contributed by atoms with E-state index in [1.807, 2.05) is 68.4 Å². The quantitative estimate of drug-likeness (QED) is 0.447. The Labute approximate surface area is 184 Å². The molecule has 0 unspecified atom stereocenters. The predicted octanol–water partition coefficient (Wildman–Crippen LogP) is 4.98. The molecule has 162 valence electrons. The summed E-state index contributed by atoms with van der Waals surface area (Å²) in [7, 11) is 0. The van der Waals surface area contributed by atoms with Crippen molar-refractivity contribution in [3.05, 3.63) is 82.6 Å². The highest BCUT2D eigenvalue weighted by Gasteiger charge is 2.37. The van der Waals surface area contributed by atoms with Crippen LogP contribution in [0.3, 0.4) is 0 Å². The van der Waals surface area contributed by atoms with Crippen LogP contribution in [0.4, 0.5) is 0 Å². The summed E-state index contributed by atoms with van der Waals surface area (Å²) in [6, 6.07) is 17.4. The van der Waals surface area contributed by atoms with Crippen LogP contribution in [0.5, 0.6) is 5.75 Å². The van der Waals surface area contributed by atoms with Crippen LogP contribution in [0.15, 0.2) is 71.4 Å². The van der Waals surface area contributed by atoms with Crippen molar-refractivity contribution >= 4 is 18.0 Å². The Hall–Kier alpha value is -3.34. The Morgan fingerprint density at radius 3 is 2.52 bits per heavy atom. The molecule has 0 aliphatic carbocycles. The zero-order valence-corrected chi connectivity index (χ0v) is 18.6. The second-order valence-corrected chi connectivity index (χ2v) is 7.90. The van der Waals surface area contributed by atoms with Gasteiger partial charge in [-0.2, -0.15) is 0 Å². The molecule has 1 heterocycles. The minimum Gasteiger partial charge on any atom is -0.489 e. The molecule has 0 saturated carbocycles. The maximum absolute atomic E-state index is 13.1. The number of rotatable bonds is 8. The number of carbonyl (C=O) groups excluding carboxylic acids is 2. The van der Waals surface area contributed by atoms with E-state index >= 15 is 0 Å². The van der Waals surface area contributed by atoms with E-state index in [1.165, 1.54) is 0 Å². The average molecular weight is 420 g/mol. The Morgan fingerprint density at radius 1 is 1.10 bits per heavy atom. The molecule has 0 aromatic heterocycles. The van der Waals surface area contributed by atoms with E-state index in [2.05, 4.69) is 0 Å². The molecule has 3 rings (SSSR count). The number of amides is 1. The van der Waals surface area contributed by atoms with Crippen LogP contribution in [0.25, 0.3) is 6.08 Å². The lowest BCUT2D eigenvalue weighted by Crippen LogP contribution is -2.28. The summed E-state index contributed by atoms with van der Waals surface area (Å²) in [5, 5.41) is 0. The molecule has 0 spiro atoms. The average Bonchev–Trinajstić information content (AvgIpc) is 2.97. The van der Waals surface area contributed by atoms with Crippen molar-refractivity contribution in [1.82, 2.24) is 4.90 Å². The minimum atomic E-state index is -0.470. The van der Waals surface area contributed by atoms with Crippen LogP contribution < -0.4 is 4.74 Å². The molecule has 5 nitrogen and oxygen atoms in total. The highest BCUT2D eigenvalue weighted by Crippen LogP contribution is 2.32. The lowest BCUT2D eigenvalue weighted by Gasteiger charge is -2.19. The summed E-state index contributed by atoms with van der Waals surface area (Å²) in [5.74, 6) is 0.324. The van der Waals surface area contributed by atoms with Crippen LogP contribution in [0, 0.1) is 5.92 Å². The number of ether oxygens (including phenoxy) is 2. The summed E-state index contributed by atoms with van der Waals surface area (Å²) in [5.41, 5.74) is 3.19. The predicted molar refractivity (Wildman–Crippen MR) is 121 cm³/mol. The van der Waals surface area contributed by atoms with E-state index in [0.717, 1.165) is 11.1 Å². The van der Waals surface area contributed by atoms with Crippen molar-refractivity contribution in [2.24, 2.45) is 5.92 Å². The first kappa shape index (κ1) is 22.3. The van der Waals surface area contributed by atoms with Gasteiger partial charge in [0.1, 0.15) is 12.4 Å². The van der Waals surface area contributed by atoms with Crippen LogP contribution in [-0.2, 0) is 20.9 Å². The molecular weight excluding hydrogens is 390 g/mol. The standard InChI is InChI=1S/C26H29NO4/c1-5-30-26(29)24-19(4)27(16-18(2)3)25(28)23(24)15-21-12-9-13-22(14-21)31-17-20-10-7-6-8-11-20/h6-15,18H,5,16-17H2,1-4H3/b23-15-. The SMILES string of the molecule is CCOC(=O)C1=C(C)N(CC(C)C)C(=O)/C1=C\c1cccc(OCc2ccccc2)c1. The van der Waals surface area contributed by atoms with Gasteiger partial charge in [0, 0.05) is 12.2 Å². The second-order valence-electron chi connectivity index (χ2n) is 7.90. The zero-order chi connectivity index (χ0) is 22.4. The highest BCUT2D eigenvalue weighted by molar-refractivity contribution is 6.16. The van der Waals surface area contributed by atoms with Gasteiger partial charge in [-0.05, 0) is 49.1 Å². The molecule has 2 aromatic carbocycles. The first-order valence-corrected chi connectivity index (χ1v) is 10.6. The fraction of sp³-hybridized carbons (Fsp3) is 0.308. The lowest BCUT2D eigenvalue weighted by molar-refractivity contribution is -0.138. The van der Waals surface area contributed by atoms with Gasteiger partial charge < -0.3 is 14.4 Å². The molecule has 0 bridgehead atoms. The fourth-order valence-electron chi connectivity index (χ4n) is 3.52. The van der Waals surface area contributed by atoms with Gasteiger partial charge in [-0.25, -0.2) is 4.79 Å². The molecule has 0 radical (unpaired) electrons. The fourth-order valence-corrected chi connectivity index (χ4v) is 3.52. The van der Waals surface area contributed by atoms with E-state index in [1.54, 1.807) is 24.8 Å². The van der Waals surface area contributed by atoms with E-state index in [4.69, 9.17) is 9.47 Å². The van der Waals surface area contributed by atoms with Crippen LogP contribution >= 0.6 is 0 Å². The molecule has 0 N–H and O–H groups in total. The van der Waals surface area contributed by atoms with Crippen molar-refractivity contribution < 1.29 is 19.1 Å². The van der Waals surface area contributed by atoms with Gasteiger partial charge in [-0.1, -0.05) is 56.3 Å². The maximum atomic E-state index is 13.1. The molecule has 0 atom stereocenters. The third-order valence-electron chi connectivity index (χ3n) is 4.96. The monoisotopic (exact) mass is 419 g/mol. The Bertz CT molecular complexity index is 1010. The number of hydrogen-bond acceptors (Lipinski definition) is 4. The van der Waals surface area contributed by atoms with Gasteiger partial charge in [-0.15, -0.1) is 0 Å². The maximum Gasteiger partial charge on any atom is 0.340 e. The van der Waals surface area contributed by atoms with E-state index in [0.29, 0.717) is 35.7 Å². The summed E-state index contributed by atoms with van der Waals surface area (Å²) in [6.07, 6.45) is 1.74. The summed E-state index contributed by atoms with van der Waals surface area (Å²) in [6.45, 7) is 8.89. The Balaban J connectivity index is 1.89. The van der Waals surface area contributed by atoms with Gasteiger partial charge in [0.2, 0.25) is 0 Å². The number of hydrogen-bond donors (Lipinski definition) is 0. The largest absolute Gasteiger partial charge is 0.489 e. The molecule has 1 aliphatic heterocycles. The van der Waals surface area contributed by atoms with Gasteiger partial charge in [0.15, 0.2) is 0 Å². The van der Waals surface area contributed by atoms with E-state index < -0.39 is 5.97 Å². The molecule has 31 heavy (non-hydrogen) atoms. The van der Waals surface area contributed by atoms with Crippen molar-refractivity contribution in [2.45, 2.75) is 34.3 Å². The molecule has 1 amide bonds. The summed E-state index contributed by atoms with van der Waals surface area (Å²) >= 11 is 0. The van der Waals surface area contributed by atoms with Crippen LogP contribution in [-0.4, -0.2) is 29.9 Å². The van der Waals surface area contributed by atoms with Crippen molar-refractivity contribution in [1.29, 1.82) is 0 Å². The molecular formula is C26H29NO4. The smallest absolute Gasteiger partial charge is 0.340 e. The van der Waals surface area contributed by atoms with Gasteiger partial charge in [-0.3, -0.25) is 4.79 Å². The Kier molecular flexibility index (Phi) is 7.29. The normalized spacial score (nSPS) is 15.2. The van der Waals surface area contributed by atoms with Crippen LogP contribution in [0.1, 0.15) is 38.8 Å². The number of nitrogens with zero attached hydrogens (tertiary/aromatic N) is 1. The van der Waals surface area contributed by atoms with Crippen LogP contribution in [0.2, 0.25) is 0 Å². The van der Waals surface area contributed by atoms with Crippen molar-refractivity contribution in [3.63, 3.8) is 0 Å². The Morgan fingerprint density at radius 2 is 1.84 bits per heavy atom. The molecule has 5 heteroatoms. The van der Waals surface area contributed by atoms with Crippen molar-refractivity contribution in [3.8, 4) is 5.75 Å². The van der Waals surface area contributed by atoms with Gasteiger partial charge in [0.25, 0.3) is 5.91 Å². The van der Waals surface area contributed by atoms with E-state index in [-0.39, 0.29) is 18.4 Å². The third kappa shape index (κ3) is 5.43. The first-order chi connectivity index (χ1) is 14.9.